The molecule has 5 aromatic rings. The fourth-order valence-electron chi connectivity index (χ4n) is 5.75. The number of anilines is 2. The van der Waals surface area contributed by atoms with Gasteiger partial charge in [-0.2, -0.15) is 0 Å². The van der Waals surface area contributed by atoms with Gasteiger partial charge >= 0.3 is 0 Å². The highest BCUT2D eigenvalue weighted by molar-refractivity contribution is 7.16. The predicted octanol–water partition coefficient (Wildman–Crippen LogP) is 4.85. The van der Waals surface area contributed by atoms with E-state index in [0.717, 1.165) is 0 Å². The van der Waals surface area contributed by atoms with Crippen LogP contribution in [0.2, 0.25) is 0 Å². The molecule has 2 nitrogen and oxygen atoms in total. The van der Waals surface area contributed by atoms with Crippen molar-refractivity contribution in [2.24, 2.45) is 0 Å². The van der Waals surface area contributed by atoms with Gasteiger partial charge in [0.05, 0.1) is 0 Å². The highest BCUT2D eigenvalue weighted by Crippen LogP contribution is 2.48. The molecule has 0 radical (unpaired) electrons. The third kappa shape index (κ3) is 2.11. The summed E-state index contributed by atoms with van der Waals surface area (Å²) in [4.78, 5) is 4.52. The Kier molecular flexibility index (Phi) is 3.61. The molecule has 0 amide bonds. The second kappa shape index (κ2) is 6.52. The van der Waals surface area contributed by atoms with Crippen LogP contribution in [0.25, 0.3) is 22.3 Å². The van der Waals surface area contributed by atoms with Gasteiger partial charge in [0.1, 0.15) is 0 Å². The largest absolute Gasteiger partial charge is 0.355 e. The van der Waals surface area contributed by atoms with Gasteiger partial charge in [-0.3, -0.25) is 4.98 Å². The minimum atomic E-state index is -2.61. The Morgan fingerprint density at radius 2 is 1.06 bits per heavy atom. The lowest BCUT2D eigenvalue weighted by Gasteiger charge is -2.52. The molecule has 0 fully saturated rings. The van der Waals surface area contributed by atoms with E-state index in [4.69, 9.17) is 0 Å². The normalized spacial score (nSPS) is 17.4. The van der Waals surface area contributed by atoms with Crippen molar-refractivity contribution in [2.75, 3.05) is 4.57 Å². The van der Waals surface area contributed by atoms with Gasteiger partial charge < -0.3 is 4.57 Å². The number of fused-ring (bicyclic) bond motifs is 11. The van der Waals surface area contributed by atoms with E-state index in [9.17, 15) is 0 Å². The Hall–Kier alpha value is -3.95. The monoisotopic (exact) mass is 424 g/mol. The number of pyridine rings is 1. The molecule has 2 aliphatic heterocycles. The molecule has 0 N–H and O–H groups in total. The van der Waals surface area contributed by atoms with Crippen LogP contribution in [0.5, 0.6) is 0 Å². The van der Waals surface area contributed by atoms with Crippen molar-refractivity contribution < 1.29 is 0 Å². The van der Waals surface area contributed by atoms with Gasteiger partial charge in [0.25, 0.3) is 8.24 Å². The molecular formula is C29H20N2Si. The van der Waals surface area contributed by atoms with Crippen LogP contribution in [0.15, 0.2) is 122 Å². The van der Waals surface area contributed by atoms with Crippen molar-refractivity contribution in [3.8, 4) is 22.3 Å². The van der Waals surface area contributed by atoms with Crippen LogP contribution in [-0.4, -0.2) is 13.2 Å². The summed E-state index contributed by atoms with van der Waals surface area (Å²) in [5, 5.41) is 4.27. The lowest BCUT2D eigenvalue weighted by Crippen LogP contribution is -2.79. The fraction of sp³-hybridized carbons (Fsp3) is 0. The number of para-hydroxylation sites is 1. The van der Waals surface area contributed by atoms with Crippen molar-refractivity contribution in [3.05, 3.63) is 122 Å². The van der Waals surface area contributed by atoms with E-state index < -0.39 is 8.24 Å². The highest BCUT2D eigenvalue weighted by Gasteiger charge is 2.54. The van der Waals surface area contributed by atoms with Gasteiger partial charge in [-0.15, -0.1) is 0 Å². The van der Waals surface area contributed by atoms with E-state index in [0.29, 0.717) is 0 Å². The molecule has 3 heterocycles. The predicted molar refractivity (Wildman–Crippen MR) is 135 cm³/mol. The molecule has 4 aromatic carbocycles. The van der Waals surface area contributed by atoms with Crippen molar-refractivity contribution >= 4 is 35.2 Å². The topological polar surface area (TPSA) is 16.1 Å². The number of aromatic nitrogens is 1. The van der Waals surface area contributed by atoms with Crippen molar-refractivity contribution in [1.29, 1.82) is 0 Å². The summed E-state index contributed by atoms with van der Waals surface area (Å²) >= 11 is 0. The maximum absolute atomic E-state index is 4.52. The summed E-state index contributed by atoms with van der Waals surface area (Å²) in [6.07, 6.45) is 3.96. The molecule has 7 rings (SSSR count). The minimum Gasteiger partial charge on any atom is -0.355 e. The fourth-order valence-corrected chi connectivity index (χ4v) is 11.1. The van der Waals surface area contributed by atoms with E-state index in [1.807, 2.05) is 12.4 Å². The minimum absolute atomic E-state index is 1.20. The van der Waals surface area contributed by atoms with E-state index >= 15 is 0 Å². The van der Waals surface area contributed by atoms with Gasteiger partial charge in [0, 0.05) is 34.9 Å². The second-order valence-corrected chi connectivity index (χ2v) is 11.9. The first kappa shape index (κ1) is 17.7. The molecule has 0 saturated heterocycles. The zero-order chi connectivity index (χ0) is 21.1. The zero-order valence-electron chi connectivity index (χ0n) is 17.4. The average Bonchev–Trinajstić information content (AvgIpc) is 2.89. The third-order valence-electron chi connectivity index (χ3n) is 6.92. The Balaban J connectivity index is 1.75. The maximum Gasteiger partial charge on any atom is 0.258 e. The van der Waals surface area contributed by atoms with E-state index in [1.54, 1.807) is 0 Å². The molecular weight excluding hydrogens is 404 g/mol. The summed E-state index contributed by atoms with van der Waals surface area (Å²) < 4.78 is 2.68. The molecule has 3 heteroatoms. The smallest absolute Gasteiger partial charge is 0.258 e. The standard InChI is InChI=1S/C29H20N2Si/c1-2-10-21(11-3-1)32-28-16-8-5-13-23(28)22-12-4-7-15-26(22)31(32)27-18-19-30-20-25(27)24-14-6-9-17-29(24)32/h1-20H. The molecule has 1 aromatic heterocycles. The van der Waals surface area contributed by atoms with Crippen LogP contribution in [0.3, 0.4) is 0 Å². The van der Waals surface area contributed by atoms with Crippen molar-refractivity contribution in [2.45, 2.75) is 0 Å². The Morgan fingerprint density at radius 1 is 0.500 bits per heavy atom. The van der Waals surface area contributed by atoms with Gasteiger partial charge in [-0.05, 0) is 38.8 Å². The zero-order valence-corrected chi connectivity index (χ0v) is 18.4. The van der Waals surface area contributed by atoms with E-state index in [2.05, 4.69) is 119 Å². The molecule has 1 atom stereocenters. The van der Waals surface area contributed by atoms with Crippen LogP contribution in [0.1, 0.15) is 0 Å². The summed E-state index contributed by atoms with van der Waals surface area (Å²) in [5.41, 5.74) is 7.68. The van der Waals surface area contributed by atoms with Crippen LogP contribution in [0, 0.1) is 0 Å². The third-order valence-corrected chi connectivity index (χ3v) is 11.7. The van der Waals surface area contributed by atoms with Gasteiger partial charge in [-0.25, -0.2) is 0 Å². The molecule has 2 aliphatic rings. The van der Waals surface area contributed by atoms with Gasteiger partial charge in [-0.1, -0.05) is 97.1 Å². The second-order valence-electron chi connectivity index (χ2n) is 8.41. The number of hydrogen-bond donors (Lipinski definition) is 0. The first-order chi connectivity index (χ1) is 15.9. The number of hydrogen-bond acceptors (Lipinski definition) is 2. The van der Waals surface area contributed by atoms with Crippen LogP contribution >= 0.6 is 0 Å². The molecule has 32 heavy (non-hydrogen) atoms. The molecule has 0 spiro atoms. The lowest BCUT2D eigenvalue weighted by molar-refractivity contribution is 1.26. The number of benzene rings is 4. The highest BCUT2D eigenvalue weighted by atomic mass is 28.3. The summed E-state index contributed by atoms with van der Waals surface area (Å²) in [5.74, 6) is 0. The molecule has 150 valence electrons. The first-order valence-corrected chi connectivity index (χ1v) is 12.9. The Morgan fingerprint density at radius 3 is 1.81 bits per heavy atom. The van der Waals surface area contributed by atoms with Crippen molar-refractivity contribution in [1.82, 2.24) is 4.98 Å². The quantitative estimate of drug-likeness (QED) is 0.358. The van der Waals surface area contributed by atoms with E-state index in [1.165, 1.54) is 49.2 Å². The maximum atomic E-state index is 4.52. The number of rotatable bonds is 1. The Bertz CT molecular complexity index is 1400. The first-order valence-electron chi connectivity index (χ1n) is 11.0. The van der Waals surface area contributed by atoms with Crippen LogP contribution in [0.4, 0.5) is 11.4 Å². The van der Waals surface area contributed by atoms with E-state index in [-0.39, 0.29) is 0 Å². The molecule has 0 aliphatic carbocycles. The van der Waals surface area contributed by atoms with Crippen molar-refractivity contribution in [3.63, 3.8) is 0 Å². The SMILES string of the molecule is c1ccc([Si]23c4ccccc4-c4ccccc4N2c2ccncc2-c2ccccc23)cc1. The Labute approximate surface area is 188 Å². The van der Waals surface area contributed by atoms with Crippen LogP contribution in [-0.2, 0) is 0 Å². The summed E-state index contributed by atoms with van der Waals surface area (Å²) in [7, 11) is -2.61. The summed E-state index contributed by atoms with van der Waals surface area (Å²) in [6.45, 7) is 0. The molecule has 0 bridgehead atoms. The lowest BCUT2D eigenvalue weighted by atomic mass is 10.0. The van der Waals surface area contributed by atoms with Gasteiger partial charge in [0.15, 0.2) is 0 Å². The summed E-state index contributed by atoms with van der Waals surface area (Å²) in [6, 6.07) is 40.2. The molecule has 0 saturated carbocycles. The van der Waals surface area contributed by atoms with Crippen LogP contribution < -0.4 is 20.1 Å². The number of nitrogens with zero attached hydrogens (tertiary/aromatic N) is 2. The van der Waals surface area contributed by atoms with Gasteiger partial charge in [0.2, 0.25) is 0 Å². The molecule has 1 unspecified atom stereocenters. The average molecular weight is 425 g/mol.